The second-order valence-electron chi connectivity index (χ2n) is 3.18. The maximum absolute atomic E-state index is 9.05. The Hall–Kier alpha value is -2.21. The minimum atomic E-state index is 0.665. The average molecular weight is 197 g/mol. The predicted octanol–water partition coefficient (Wildman–Crippen LogP) is 2.39. The lowest BCUT2D eigenvalue weighted by Crippen LogP contribution is -1.96. The molecular weight excluding hydrogens is 186 g/mol. The largest absolute Gasteiger partial charge is 0.388 e. The van der Waals surface area contributed by atoms with Gasteiger partial charge in [0.15, 0.2) is 0 Å². The molecule has 1 aromatic carbocycles. The zero-order valence-corrected chi connectivity index (χ0v) is 8.44. The first kappa shape index (κ1) is 9.35. The van der Waals surface area contributed by atoms with Gasteiger partial charge in [-0.25, -0.2) is 0 Å². The molecule has 0 fully saturated rings. The Balaban J connectivity index is 2.54. The molecule has 0 radical (unpaired) electrons. The quantitative estimate of drug-likeness (QED) is 0.803. The van der Waals surface area contributed by atoms with Crippen LogP contribution in [0.4, 0.5) is 5.69 Å². The number of hydrogen-bond acceptors (Lipinski definition) is 2. The average Bonchev–Trinajstić information content (AvgIpc) is 2.81. The van der Waals surface area contributed by atoms with Crippen LogP contribution in [0.3, 0.4) is 0 Å². The molecule has 0 aliphatic carbocycles. The lowest BCUT2D eigenvalue weighted by Gasteiger charge is -2.07. The summed E-state index contributed by atoms with van der Waals surface area (Å²) in [4.78, 5) is 0. The van der Waals surface area contributed by atoms with Gasteiger partial charge < -0.3 is 9.88 Å². The molecule has 0 spiro atoms. The van der Waals surface area contributed by atoms with E-state index in [1.165, 1.54) is 0 Å². The topological polar surface area (TPSA) is 40.8 Å². The number of hydrogen-bond donors (Lipinski definition) is 1. The maximum Gasteiger partial charge on any atom is 0.101 e. The first-order valence-corrected chi connectivity index (χ1v) is 4.70. The van der Waals surface area contributed by atoms with Crippen LogP contribution in [0.25, 0.3) is 5.69 Å². The van der Waals surface area contributed by atoms with Crippen molar-refractivity contribution in [1.29, 1.82) is 5.26 Å². The van der Waals surface area contributed by atoms with Crippen LogP contribution in [0.15, 0.2) is 42.7 Å². The van der Waals surface area contributed by atoms with Gasteiger partial charge in [-0.05, 0) is 30.3 Å². The summed E-state index contributed by atoms with van der Waals surface area (Å²) in [6.45, 7) is 0. The van der Waals surface area contributed by atoms with E-state index in [-0.39, 0.29) is 0 Å². The zero-order valence-electron chi connectivity index (χ0n) is 8.44. The van der Waals surface area contributed by atoms with Crippen LogP contribution >= 0.6 is 0 Å². The monoisotopic (exact) mass is 197 g/mol. The maximum atomic E-state index is 9.05. The second-order valence-corrected chi connectivity index (χ2v) is 3.18. The molecule has 3 heteroatoms. The highest BCUT2D eigenvalue weighted by molar-refractivity contribution is 5.58. The third-order valence-corrected chi connectivity index (χ3v) is 2.29. The Labute approximate surface area is 88.6 Å². The number of rotatable bonds is 2. The molecule has 0 amide bonds. The number of nitrogens with zero attached hydrogens (tertiary/aromatic N) is 2. The van der Waals surface area contributed by atoms with E-state index in [1.807, 2.05) is 54.3 Å². The minimum Gasteiger partial charge on any atom is -0.388 e. The van der Waals surface area contributed by atoms with Crippen LogP contribution in [0, 0.1) is 11.3 Å². The SMILES string of the molecule is CNc1ccc(-n2cccc2)c(C#N)c1. The van der Waals surface area contributed by atoms with Crippen LogP contribution in [0.1, 0.15) is 5.56 Å². The molecule has 0 saturated heterocycles. The molecule has 74 valence electrons. The normalized spacial score (nSPS) is 9.60. The van der Waals surface area contributed by atoms with Gasteiger partial charge in [-0.15, -0.1) is 0 Å². The summed E-state index contributed by atoms with van der Waals surface area (Å²) in [7, 11) is 1.84. The Morgan fingerprint density at radius 1 is 1.27 bits per heavy atom. The van der Waals surface area contributed by atoms with Crippen LogP contribution in [0.2, 0.25) is 0 Å². The van der Waals surface area contributed by atoms with E-state index >= 15 is 0 Å². The van der Waals surface area contributed by atoms with Crippen LogP contribution in [0.5, 0.6) is 0 Å². The predicted molar refractivity (Wildman–Crippen MR) is 60.0 cm³/mol. The summed E-state index contributed by atoms with van der Waals surface area (Å²) in [6.07, 6.45) is 3.85. The Morgan fingerprint density at radius 3 is 2.60 bits per heavy atom. The number of benzene rings is 1. The van der Waals surface area contributed by atoms with Crippen molar-refractivity contribution in [1.82, 2.24) is 4.57 Å². The molecule has 0 aliphatic heterocycles. The summed E-state index contributed by atoms with van der Waals surface area (Å²) in [5, 5.41) is 12.1. The smallest absolute Gasteiger partial charge is 0.101 e. The van der Waals surface area contributed by atoms with E-state index < -0.39 is 0 Å². The van der Waals surface area contributed by atoms with Crippen molar-refractivity contribution in [3.8, 4) is 11.8 Å². The lowest BCUT2D eigenvalue weighted by molar-refractivity contribution is 1.07. The molecule has 2 aromatic rings. The van der Waals surface area contributed by atoms with E-state index in [1.54, 1.807) is 0 Å². The van der Waals surface area contributed by atoms with Crippen LogP contribution < -0.4 is 5.32 Å². The highest BCUT2D eigenvalue weighted by Crippen LogP contribution is 2.18. The number of nitrogens with one attached hydrogen (secondary N) is 1. The van der Waals surface area contributed by atoms with Gasteiger partial charge in [0.2, 0.25) is 0 Å². The van der Waals surface area contributed by atoms with Gasteiger partial charge >= 0.3 is 0 Å². The molecule has 0 aliphatic rings. The highest BCUT2D eigenvalue weighted by Gasteiger charge is 2.03. The van der Waals surface area contributed by atoms with Gasteiger partial charge in [-0.3, -0.25) is 0 Å². The fraction of sp³-hybridized carbons (Fsp3) is 0.0833. The Bertz CT molecular complexity index is 492. The van der Waals surface area contributed by atoms with E-state index in [0.717, 1.165) is 11.4 Å². The summed E-state index contributed by atoms with van der Waals surface area (Å²) in [5.74, 6) is 0. The summed E-state index contributed by atoms with van der Waals surface area (Å²) >= 11 is 0. The van der Waals surface area contributed by atoms with E-state index in [2.05, 4.69) is 11.4 Å². The minimum absolute atomic E-state index is 0.665. The number of nitriles is 1. The van der Waals surface area contributed by atoms with Gasteiger partial charge in [0, 0.05) is 25.1 Å². The van der Waals surface area contributed by atoms with E-state index in [0.29, 0.717) is 5.56 Å². The first-order chi connectivity index (χ1) is 7.35. The fourth-order valence-corrected chi connectivity index (χ4v) is 1.50. The molecule has 0 bridgehead atoms. The van der Waals surface area contributed by atoms with Crippen molar-refractivity contribution in [2.75, 3.05) is 12.4 Å². The van der Waals surface area contributed by atoms with Crippen molar-refractivity contribution < 1.29 is 0 Å². The molecular formula is C12H11N3. The molecule has 0 unspecified atom stereocenters. The van der Waals surface area contributed by atoms with Gasteiger partial charge in [0.05, 0.1) is 11.3 Å². The number of aromatic nitrogens is 1. The number of anilines is 1. The van der Waals surface area contributed by atoms with Crippen molar-refractivity contribution in [2.24, 2.45) is 0 Å². The highest BCUT2D eigenvalue weighted by atomic mass is 14.9. The van der Waals surface area contributed by atoms with Crippen molar-refractivity contribution in [3.63, 3.8) is 0 Å². The standard InChI is InChI=1S/C12H11N3/c1-14-11-4-5-12(10(8-11)9-13)15-6-2-3-7-15/h2-8,14H,1H3. The summed E-state index contributed by atoms with van der Waals surface area (Å²) < 4.78 is 1.93. The molecule has 0 saturated carbocycles. The molecule has 1 heterocycles. The molecule has 2 rings (SSSR count). The fourth-order valence-electron chi connectivity index (χ4n) is 1.50. The van der Waals surface area contributed by atoms with Gasteiger partial charge in [0.25, 0.3) is 0 Å². The molecule has 0 atom stereocenters. The molecule has 1 N–H and O–H groups in total. The summed E-state index contributed by atoms with van der Waals surface area (Å²) in [5.41, 5.74) is 2.52. The van der Waals surface area contributed by atoms with Gasteiger partial charge in [-0.1, -0.05) is 0 Å². The lowest BCUT2D eigenvalue weighted by atomic mass is 10.1. The molecule has 1 aromatic heterocycles. The van der Waals surface area contributed by atoms with E-state index in [4.69, 9.17) is 5.26 Å². The Morgan fingerprint density at radius 2 is 2.00 bits per heavy atom. The second kappa shape index (κ2) is 3.89. The van der Waals surface area contributed by atoms with Crippen molar-refractivity contribution in [2.45, 2.75) is 0 Å². The molecule has 15 heavy (non-hydrogen) atoms. The summed E-state index contributed by atoms with van der Waals surface area (Å²) in [6, 6.07) is 11.8. The first-order valence-electron chi connectivity index (χ1n) is 4.70. The van der Waals surface area contributed by atoms with Gasteiger partial charge in [0.1, 0.15) is 6.07 Å². The van der Waals surface area contributed by atoms with E-state index in [9.17, 15) is 0 Å². The zero-order chi connectivity index (χ0) is 10.7. The molecule has 3 nitrogen and oxygen atoms in total. The van der Waals surface area contributed by atoms with Crippen LogP contribution in [-0.2, 0) is 0 Å². The Kier molecular flexibility index (Phi) is 2.42. The van der Waals surface area contributed by atoms with Crippen molar-refractivity contribution >= 4 is 5.69 Å². The van der Waals surface area contributed by atoms with Crippen molar-refractivity contribution in [3.05, 3.63) is 48.3 Å². The van der Waals surface area contributed by atoms with Gasteiger partial charge in [-0.2, -0.15) is 5.26 Å². The third-order valence-electron chi connectivity index (χ3n) is 2.29. The van der Waals surface area contributed by atoms with Crippen LogP contribution in [-0.4, -0.2) is 11.6 Å². The third kappa shape index (κ3) is 1.70.